The third-order valence-electron chi connectivity index (χ3n) is 6.22. The van der Waals surface area contributed by atoms with E-state index in [2.05, 4.69) is 20.4 Å². The fourth-order valence-electron chi connectivity index (χ4n) is 4.38. The maximum absolute atomic E-state index is 13.2. The Morgan fingerprint density at radius 3 is 2.24 bits per heavy atom. The van der Waals surface area contributed by atoms with Crippen molar-refractivity contribution in [1.29, 1.82) is 0 Å². The number of hydrogen-bond donors (Lipinski definition) is 2. The van der Waals surface area contributed by atoms with Crippen molar-refractivity contribution >= 4 is 17.5 Å². The molecular formula is C21H24F6N8O2. The number of amides is 1. The van der Waals surface area contributed by atoms with Crippen LogP contribution >= 0.6 is 0 Å². The maximum Gasteiger partial charge on any atom is 0.423 e. The molecule has 2 fully saturated rings. The molecule has 0 saturated carbocycles. The van der Waals surface area contributed by atoms with E-state index >= 15 is 0 Å². The van der Waals surface area contributed by atoms with Gasteiger partial charge >= 0.3 is 12.4 Å². The van der Waals surface area contributed by atoms with Crippen LogP contribution in [0.3, 0.4) is 0 Å². The number of nitrogens with one attached hydrogen (secondary N) is 2. The van der Waals surface area contributed by atoms with Crippen LogP contribution in [0.15, 0.2) is 23.4 Å². The Morgan fingerprint density at radius 1 is 1.05 bits per heavy atom. The van der Waals surface area contributed by atoms with Gasteiger partial charge in [-0.3, -0.25) is 14.5 Å². The molecule has 2 aromatic rings. The van der Waals surface area contributed by atoms with Gasteiger partial charge in [-0.15, -0.1) is 0 Å². The van der Waals surface area contributed by atoms with Crippen LogP contribution in [0.4, 0.5) is 38.0 Å². The van der Waals surface area contributed by atoms with Gasteiger partial charge in [-0.25, -0.2) is 15.1 Å². The molecule has 10 nitrogen and oxygen atoms in total. The Bertz CT molecular complexity index is 1160. The van der Waals surface area contributed by atoms with E-state index in [0.717, 1.165) is 18.6 Å². The quantitative estimate of drug-likeness (QED) is 0.539. The van der Waals surface area contributed by atoms with E-state index in [1.807, 2.05) is 4.90 Å². The number of likely N-dealkylation sites (tertiary alicyclic amines) is 1. The average Bonchev–Trinajstić information content (AvgIpc) is 2.79. The molecular weight excluding hydrogens is 510 g/mol. The zero-order valence-corrected chi connectivity index (χ0v) is 19.6. The Balaban J connectivity index is 1.23. The van der Waals surface area contributed by atoms with Gasteiger partial charge in [0.25, 0.3) is 5.56 Å². The zero-order valence-electron chi connectivity index (χ0n) is 19.6. The van der Waals surface area contributed by atoms with Crippen LogP contribution in [0.5, 0.6) is 0 Å². The molecule has 2 N–H and O–H groups in total. The van der Waals surface area contributed by atoms with Gasteiger partial charge in [0, 0.05) is 64.2 Å². The molecule has 2 aromatic heterocycles. The highest BCUT2D eigenvalue weighted by molar-refractivity contribution is 5.80. The molecule has 2 aliphatic heterocycles. The standard InChI is InChI=1S/C21H24F6N8O2/c1-12(31-15-8-30-32-17(36)16(15)21(25,26)27)9-33-10-13(11-33)18(37)34-2-4-35(5-3-34)19-28-6-14(7-29-19)20(22,23)24/h6-8,12-13H,2-5,9-11H2,1H3,(H2,31,32,36)/t12-/m0/s1. The van der Waals surface area contributed by atoms with Crippen molar-refractivity contribution in [3.8, 4) is 0 Å². The van der Waals surface area contributed by atoms with Crippen LogP contribution < -0.4 is 15.8 Å². The van der Waals surface area contributed by atoms with E-state index in [1.165, 1.54) is 0 Å². The van der Waals surface area contributed by atoms with Crippen LogP contribution in [-0.2, 0) is 17.1 Å². The van der Waals surface area contributed by atoms with Gasteiger partial charge in [0.1, 0.15) is 5.56 Å². The number of H-pyrrole nitrogens is 1. The first-order chi connectivity index (χ1) is 17.3. The molecule has 202 valence electrons. The highest BCUT2D eigenvalue weighted by Crippen LogP contribution is 2.32. The van der Waals surface area contributed by atoms with Crippen LogP contribution in [-0.4, -0.2) is 87.7 Å². The summed E-state index contributed by atoms with van der Waals surface area (Å²) in [5.74, 6) is -0.142. The predicted molar refractivity (Wildman–Crippen MR) is 119 cm³/mol. The average molecular weight is 534 g/mol. The van der Waals surface area contributed by atoms with Crippen LogP contribution in [0.25, 0.3) is 0 Å². The minimum atomic E-state index is -4.84. The molecule has 16 heteroatoms. The van der Waals surface area contributed by atoms with Gasteiger partial charge in [0.2, 0.25) is 11.9 Å². The summed E-state index contributed by atoms with van der Waals surface area (Å²) in [5.41, 5.74) is -4.01. The highest BCUT2D eigenvalue weighted by Gasteiger charge is 2.39. The van der Waals surface area contributed by atoms with Crippen LogP contribution in [0, 0.1) is 5.92 Å². The molecule has 0 radical (unpaired) electrons. The van der Waals surface area contributed by atoms with Gasteiger partial charge < -0.3 is 15.1 Å². The van der Waals surface area contributed by atoms with Gasteiger partial charge in [0.15, 0.2) is 0 Å². The van der Waals surface area contributed by atoms with E-state index in [-0.39, 0.29) is 17.8 Å². The number of aromatic amines is 1. The van der Waals surface area contributed by atoms with E-state index in [1.54, 1.807) is 21.8 Å². The number of nitrogens with zero attached hydrogens (tertiary/aromatic N) is 6. The molecule has 0 bridgehead atoms. The third-order valence-corrected chi connectivity index (χ3v) is 6.22. The van der Waals surface area contributed by atoms with E-state index < -0.39 is 40.8 Å². The molecule has 0 spiro atoms. The summed E-state index contributed by atoms with van der Waals surface area (Å²) >= 11 is 0. The minimum Gasteiger partial charge on any atom is -0.379 e. The van der Waals surface area contributed by atoms with Crippen molar-refractivity contribution < 1.29 is 31.1 Å². The Hall–Kier alpha value is -3.43. The smallest absolute Gasteiger partial charge is 0.379 e. The Kier molecular flexibility index (Phi) is 7.30. The number of aromatic nitrogens is 4. The molecule has 0 unspecified atom stereocenters. The largest absolute Gasteiger partial charge is 0.423 e. The highest BCUT2D eigenvalue weighted by atomic mass is 19.4. The SMILES string of the molecule is C[C@@H](CN1CC(C(=O)N2CCN(c3ncc(C(F)(F)F)cn3)CC2)C1)Nc1cn[nH]c(=O)c1C(F)(F)F. The normalized spacial score (nSPS) is 18.5. The monoisotopic (exact) mass is 534 g/mol. The van der Waals surface area contributed by atoms with Crippen molar-refractivity contribution in [2.75, 3.05) is 56.0 Å². The zero-order chi connectivity index (χ0) is 27.0. The number of rotatable bonds is 6. The fourth-order valence-corrected chi connectivity index (χ4v) is 4.38. The van der Waals surface area contributed by atoms with E-state index in [9.17, 15) is 35.9 Å². The lowest BCUT2D eigenvalue weighted by Crippen LogP contribution is -2.59. The number of hydrogen-bond acceptors (Lipinski definition) is 8. The number of anilines is 2. The van der Waals surface area contributed by atoms with Gasteiger partial charge in [-0.05, 0) is 6.92 Å². The summed E-state index contributed by atoms with van der Waals surface area (Å²) in [6.07, 6.45) is -6.98. The Labute approximate surface area is 206 Å². The summed E-state index contributed by atoms with van der Waals surface area (Å²) in [6, 6.07) is -0.451. The lowest BCUT2D eigenvalue weighted by atomic mass is 9.97. The van der Waals surface area contributed by atoms with E-state index in [4.69, 9.17) is 0 Å². The summed E-state index contributed by atoms with van der Waals surface area (Å²) in [6.45, 7) is 4.38. The lowest BCUT2D eigenvalue weighted by molar-refractivity contribution is -0.141. The molecule has 0 aliphatic carbocycles. The van der Waals surface area contributed by atoms with Crippen molar-refractivity contribution in [1.82, 2.24) is 30.0 Å². The minimum absolute atomic E-state index is 0.0528. The molecule has 1 amide bonds. The fraction of sp³-hybridized carbons (Fsp3) is 0.571. The molecule has 0 aromatic carbocycles. The maximum atomic E-state index is 13.2. The molecule has 2 saturated heterocycles. The second kappa shape index (κ2) is 10.1. The summed E-state index contributed by atoms with van der Waals surface area (Å²) in [7, 11) is 0. The topological polar surface area (TPSA) is 110 Å². The first-order valence-corrected chi connectivity index (χ1v) is 11.4. The molecule has 4 heterocycles. The molecule has 4 rings (SSSR count). The summed E-state index contributed by atoms with van der Waals surface area (Å²) in [4.78, 5) is 37.3. The van der Waals surface area contributed by atoms with Crippen molar-refractivity contribution in [2.24, 2.45) is 5.92 Å². The number of piperazine rings is 1. The number of alkyl halides is 6. The van der Waals surface area contributed by atoms with Gasteiger partial charge in [-0.1, -0.05) is 0 Å². The van der Waals surface area contributed by atoms with Crippen molar-refractivity contribution in [3.63, 3.8) is 0 Å². The summed E-state index contributed by atoms with van der Waals surface area (Å²) in [5, 5.41) is 7.89. The Morgan fingerprint density at radius 2 is 1.68 bits per heavy atom. The van der Waals surface area contributed by atoms with Crippen molar-refractivity contribution in [2.45, 2.75) is 25.3 Å². The molecule has 2 aliphatic rings. The lowest BCUT2D eigenvalue weighted by Gasteiger charge is -2.43. The van der Waals surface area contributed by atoms with Gasteiger partial charge in [0.05, 0.1) is 23.4 Å². The second-order valence-corrected chi connectivity index (χ2v) is 9.03. The number of carbonyl (C=O) groups is 1. The number of halogens is 6. The predicted octanol–water partition coefficient (Wildman–Crippen LogP) is 1.68. The van der Waals surface area contributed by atoms with Crippen LogP contribution in [0.1, 0.15) is 18.1 Å². The molecule has 1 atom stereocenters. The van der Waals surface area contributed by atoms with Gasteiger partial charge in [-0.2, -0.15) is 31.4 Å². The number of carbonyl (C=O) groups excluding carboxylic acids is 1. The summed E-state index contributed by atoms with van der Waals surface area (Å²) < 4.78 is 77.7. The first kappa shape index (κ1) is 26.6. The third kappa shape index (κ3) is 6.11. The van der Waals surface area contributed by atoms with E-state index in [0.29, 0.717) is 45.8 Å². The second-order valence-electron chi connectivity index (χ2n) is 9.03. The van der Waals surface area contributed by atoms with Crippen molar-refractivity contribution in [3.05, 3.63) is 40.1 Å². The van der Waals surface area contributed by atoms with Crippen LogP contribution in [0.2, 0.25) is 0 Å². The molecule has 37 heavy (non-hydrogen) atoms. The first-order valence-electron chi connectivity index (χ1n) is 11.4.